The summed E-state index contributed by atoms with van der Waals surface area (Å²) in [4.78, 5) is 26.2. The number of thiophene rings is 1. The van der Waals surface area contributed by atoms with Crippen molar-refractivity contribution < 1.29 is 9.59 Å². The van der Waals surface area contributed by atoms with Crippen molar-refractivity contribution in [3.05, 3.63) is 40.1 Å². The highest BCUT2D eigenvalue weighted by molar-refractivity contribution is 7.11. The molecule has 2 aromatic rings. The molecule has 0 aliphatic carbocycles. The maximum atomic E-state index is 12.2. The van der Waals surface area contributed by atoms with E-state index in [0.717, 1.165) is 4.88 Å². The summed E-state index contributed by atoms with van der Waals surface area (Å²) in [6.45, 7) is 1.86. The first-order valence-electron chi connectivity index (χ1n) is 5.57. The first kappa shape index (κ1) is 12.2. The zero-order chi connectivity index (χ0) is 13.6. The molecular formula is C13H9ClN2O2S. The number of anilines is 3. The average molecular weight is 293 g/mol. The maximum absolute atomic E-state index is 12.2. The summed E-state index contributed by atoms with van der Waals surface area (Å²) in [5.74, 6) is -0.229. The number of halogens is 1. The van der Waals surface area contributed by atoms with Gasteiger partial charge in [-0.3, -0.25) is 14.5 Å². The zero-order valence-electron chi connectivity index (χ0n) is 9.94. The average Bonchev–Trinajstić information content (AvgIpc) is 2.68. The van der Waals surface area contributed by atoms with Crippen LogP contribution in [0.3, 0.4) is 0 Å². The lowest BCUT2D eigenvalue weighted by Gasteiger charge is -2.20. The van der Waals surface area contributed by atoms with Gasteiger partial charge in [0.2, 0.25) is 0 Å². The molecule has 1 N–H and O–H groups in total. The van der Waals surface area contributed by atoms with E-state index in [1.807, 2.05) is 6.92 Å². The number of carbonyl (C=O) groups excluding carboxylic acids is 2. The highest BCUT2D eigenvalue weighted by atomic mass is 35.5. The number of benzene rings is 1. The van der Waals surface area contributed by atoms with Crippen LogP contribution in [0.4, 0.5) is 21.9 Å². The third kappa shape index (κ3) is 1.82. The fraction of sp³-hybridized carbons (Fsp3) is 0.0769. The Morgan fingerprint density at radius 1 is 1.37 bits per heavy atom. The number of hydrogen-bond donors (Lipinski definition) is 1. The molecule has 1 aromatic heterocycles. The molecule has 1 aliphatic heterocycles. The molecule has 0 saturated heterocycles. The molecule has 0 bridgehead atoms. The van der Waals surface area contributed by atoms with Crippen LogP contribution in [0.15, 0.2) is 29.6 Å². The van der Waals surface area contributed by atoms with Crippen LogP contribution in [0, 0.1) is 6.92 Å². The van der Waals surface area contributed by atoms with Gasteiger partial charge in [-0.05, 0) is 30.7 Å². The summed E-state index contributed by atoms with van der Waals surface area (Å²) in [6, 6.07) is 7.08. The first-order valence-corrected chi connectivity index (χ1v) is 6.83. The summed E-state index contributed by atoms with van der Waals surface area (Å²) in [7, 11) is 0. The van der Waals surface area contributed by atoms with E-state index >= 15 is 0 Å². The lowest BCUT2D eigenvalue weighted by atomic mass is 10.2. The SMILES string of the molecule is Cc1scc2c1N(C(=O)Cl)c1ccccc1NC2=O. The molecule has 0 radical (unpaired) electrons. The molecule has 6 heteroatoms. The molecule has 0 unspecified atom stereocenters. The second kappa shape index (κ2) is 4.36. The summed E-state index contributed by atoms with van der Waals surface area (Å²) in [5.41, 5.74) is 2.18. The van der Waals surface area contributed by atoms with Crippen molar-refractivity contribution in [3.63, 3.8) is 0 Å². The van der Waals surface area contributed by atoms with Crippen molar-refractivity contribution in [1.82, 2.24) is 0 Å². The van der Waals surface area contributed by atoms with Crippen LogP contribution in [-0.4, -0.2) is 11.3 Å². The number of fused-ring (bicyclic) bond motifs is 2. The summed E-state index contributed by atoms with van der Waals surface area (Å²) < 4.78 is 0. The second-order valence-electron chi connectivity index (χ2n) is 4.11. The number of hydrogen-bond acceptors (Lipinski definition) is 3. The van der Waals surface area contributed by atoms with Gasteiger partial charge in [0.1, 0.15) is 0 Å². The Morgan fingerprint density at radius 2 is 2.11 bits per heavy atom. The third-order valence-electron chi connectivity index (χ3n) is 2.98. The fourth-order valence-corrected chi connectivity index (χ4v) is 3.16. The van der Waals surface area contributed by atoms with Crippen molar-refractivity contribution >= 4 is 51.3 Å². The van der Waals surface area contributed by atoms with Gasteiger partial charge < -0.3 is 5.32 Å². The van der Waals surface area contributed by atoms with Crippen LogP contribution < -0.4 is 10.2 Å². The topological polar surface area (TPSA) is 49.4 Å². The Kier molecular flexibility index (Phi) is 2.80. The number of carbonyl (C=O) groups is 2. The Balaban J connectivity index is 2.34. The van der Waals surface area contributed by atoms with E-state index in [-0.39, 0.29) is 5.91 Å². The van der Waals surface area contributed by atoms with Crippen LogP contribution in [-0.2, 0) is 0 Å². The lowest BCUT2D eigenvalue weighted by molar-refractivity contribution is 0.102. The quantitative estimate of drug-likeness (QED) is 0.586. The summed E-state index contributed by atoms with van der Waals surface area (Å²) in [5, 5.41) is 3.89. The molecule has 2 amide bonds. The Hall–Kier alpha value is -1.85. The molecule has 1 aliphatic rings. The summed E-state index contributed by atoms with van der Waals surface area (Å²) >= 11 is 7.13. The number of nitrogens with one attached hydrogen (secondary N) is 1. The second-order valence-corrected chi connectivity index (χ2v) is 5.52. The molecular weight excluding hydrogens is 284 g/mol. The van der Waals surface area contributed by atoms with E-state index in [2.05, 4.69) is 5.32 Å². The molecule has 1 aromatic carbocycles. The predicted octanol–water partition coefficient (Wildman–Crippen LogP) is 4.12. The normalized spacial score (nSPS) is 13.4. The van der Waals surface area contributed by atoms with Gasteiger partial charge in [0.15, 0.2) is 0 Å². The van der Waals surface area contributed by atoms with Crippen LogP contribution >= 0.6 is 22.9 Å². The highest BCUT2D eigenvalue weighted by Gasteiger charge is 2.30. The smallest absolute Gasteiger partial charge is 0.320 e. The number of aryl methyl sites for hydroxylation is 1. The van der Waals surface area contributed by atoms with Gasteiger partial charge in [0, 0.05) is 10.3 Å². The van der Waals surface area contributed by atoms with Gasteiger partial charge in [-0.1, -0.05) is 12.1 Å². The Bertz CT molecular complexity index is 696. The van der Waals surface area contributed by atoms with E-state index in [1.54, 1.807) is 29.6 Å². The molecule has 0 saturated carbocycles. The monoisotopic (exact) mass is 292 g/mol. The van der Waals surface area contributed by atoms with Crippen LogP contribution in [0.2, 0.25) is 0 Å². The van der Waals surface area contributed by atoms with Crippen LogP contribution in [0.25, 0.3) is 0 Å². The van der Waals surface area contributed by atoms with E-state index < -0.39 is 5.37 Å². The maximum Gasteiger partial charge on any atom is 0.325 e. The van der Waals surface area contributed by atoms with Crippen LogP contribution in [0.1, 0.15) is 15.2 Å². The van der Waals surface area contributed by atoms with Gasteiger partial charge in [-0.15, -0.1) is 11.3 Å². The minimum Gasteiger partial charge on any atom is -0.320 e. The molecule has 3 rings (SSSR count). The Morgan fingerprint density at radius 3 is 2.84 bits per heavy atom. The predicted molar refractivity (Wildman–Crippen MR) is 76.8 cm³/mol. The van der Waals surface area contributed by atoms with E-state index in [0.29, 0.717) is 22.6 Å². The zero-order valence-corrected chi connectivity index (χ0v) is 11.5. The minimum atomic E-state index is -0.633. The molecule has 0 spiro atoms. The highest BCUT2D eigenvalue weighted by Crippen LogP contribution is 2.42. The van der Waals surface area contributed by atoms with Gasteiger partial charge in [0.25, 0.3) is 5.91 Å². The van der Waals surface area contributed by atoms with Crippen molar-refractivity contribution in [2.24, 2.45) is 0 Å². The molecule has 0 atom stereocenters. The van der Waals surface area contributed by atoms with Crippen LogP contribution in [0.5, 0.6) is 0 Å². The first-order chi connectivity index (χ1) is 9.09. The lowest BCUT2D eigenvalue weighted by Crippen LogP contribution is -2.20. The van der Waals surface area contributed by atoms with E-state index in [9.17, 15) is 9.59 Å². The molecule has 19 heavy (non-hydrogen) atoms. The van der Waals surface area contributed by atoms with E-state index in [4.69, 9.17) is 11.6 Å². The van der Waals surface area contributed by atoms with Gasteiger partial charge >= 0.3 is 5.37 Å². The number of rotatable bonds is 0. The van der Waals surface area contributed by atoms with Gasteiger partial charge in [-0.2, -0.15) is 0 Å². The Labute approximate surface area is 118 Å². The number of nitrogens with zero attached hydrogens (tertiary/aromatic N) is 1. The van der Waals surface area contributed by atoms with E-state index in [1.165, 1.54) is 16.2 Å². The van der Waals surface area contributed by atoms with Crippen molar-refractivity contribution in [1.29, 1.82) is 0 Å². The largest absolute Gasteiger partial charge is 0.325 e. The molecule has 2 heterocycles. The fourth-order valence-electron chi connectivity index (χ4n) is 2.15. The standard InChI is InChI=1S/C13H9ClN2O2S/c1-7-11-8(6-19-7)12(17)15-9-4-2-3-5-10(9)16(11)13(14)18/h2-6H,1H3,(H,15,17). The molecule has 96 valence electrons. The van der Waals surface area contributed by atoms with Crippen molar-refractivity contribution in [3.8, 4) is 0 Å². The third-order valence-corrected chi connectivity index (χ3v) is 4.05. The molecule has 4 nitrogen and oxygen atoms in total. The van der Waals surface area contributed by atoms with Gasteiger partial charge in [0.05, 0.1) is 22.6 Å². The molecule has 0 fully saturated rings. The number of para-hydroxylation sites is 2. The van der Waals surface area contributed by atoms with Crippen molar-refractivity contribution in [2.75, 3.05) is 10.2 Å². The summed E-state index contributed by atoms with van der Waals surface area (Å²) in [6.07, 6.45) is 0. The van der Waals surface area contributed by atoms with Gasteiger partial charge in [-0.25, -0.2) is 0 Å². The van der Waals surface area contributed by atoms with Crippen molar-refractivity contribution in [2.45, 2.75) is 6.92 Å². The minimum absolute atomic E-state index is 0.229. The number of amides is 2.